The van der Waals surface area contributed by atoms with Gasteiger partial charge in [-0.15, -0.1) is 0 Å². The van der Waals surface area contributed by atoms with Crippen LogP contribution in [0.4, 0.5) is 11.8 Å². The minimum atomic E-state index is 0.257. The van der Waals surface area contributed by atoms with Crippen LogP contribution >= 0.6 is 0 Å². The molecule has 2 rings (SSSR count). The maximum absolute atomic E-state index is 5.60. The van der Waals surface area contributed by atoms with E-state index < -0.39 is 0 Å². The summed E-state index contributed by atoms with van der Waals surface area (Å²) in [6, 6.07) is 0.397. The van der Waals surface area contributed by atoms with Crippen LogP contribution < -0.4 is 10.2 Å². The Morgan fingerprint density at radius 1 is 1.53 bits per heavy atom. The molecule has 2 atom stereocenters. The number of nitrogens with zero attached hydrogens (tertiary/aromatic N) is 3. The molecule has 1 fully saturated rings. The summed E-state index contributed by atoms with van der Waals surface area (Å²) in [6.45, 7) is 4.98. The Kier molecular flexibility index (Phi) is 3.47. The van der Waals surface area contributed by atoms with Crippen molar-refractivity contribution in [2.24, 2.45) is 0 Å². The summed E-state index contributed by atoms with van der Waals surface area (Å²) in [5, 5.41) is 2.97. The van der Waals surface area contributed by atoms with Crippen LogP contribution in [0, 0.1) is 6.92 Å². The summed E-state index contributed by atoms with van der Waals surface area (Å²) in [6.07, 6.45) is 3.16. The van der Waals surface area contributed by atoms with Crippen molar-refractivity contribution in [2.45, 2.75) is 32.4 Å². The van der Waals surface area contributed by atoms with Crippen LogP contribution in [-0.2, 0) is 4.74 Å². The predicted molar refractivity (Wildman–Crippen MR) is 68.5 cm³/mol. The predicted octanol–water partition coefficient (Wildman–Crippen LogP) is 1.44. The van der Waals surface area contributed by atoms with Gasteiger partial charge in [-0.05, 0) is 20.3 Å². The highest BCUT2D eigenvalue weighted by molar-refractivity contribution is 5.49. The highest BCUT2D eigenvalue weighted by Gasteiger charge is 2.29. The van der Waals surface area contributed by atoms with Crippen LogP contribution in [0.2, 0.25) is 0 Å². The molecule has 1 aliphatic rings. The van der Waals surface area contributed by atoms with Gasteiger partial charge in [0, 0.05) is 32.5 Å². The lowest BCUT2D eigenvalue weighted by molar-refractivity contribution is 0.118. The SMILES string of the molecule is CNc1ncc(C)c(N(C)C2CCOC2C)n1. The van der Waals surface area contributed by atoms with Crippen molar-refractivity contribution >= 4 is 11.8 Å². The van der Waals surface area contributed by atoms with Crippen LogP contribution in [0.1, 0.15) is 18.9 Å². The second-order valence-corrected chi connectivity index (χ2v) is 4.49. The molecule has 0 bridgehead atoms. The smallest absolute Gasteiger partial charge is 0.224 e. The zero-order valence-corrected chi connectivity index (χ0v) is 10.9. The molecule has 17 heavy (non-hydrogen) atoms. The van der Waals surface area contributed by atoms with Gasteiger partial charge in [0.25, 0.3) is 0 Å². The van der Waals surface area contributed by atoms with Gasteiger partial charge in [0.15, 0.2) is 0 Å². The van der Waals surface area contributed by atoms with Gasteiger partial charge in [0.1, 0.15) is 5.82 Å². The fourth-order valence-corrected chi connectivity index (χ4v) is 2.30. The lowest BCUT2D eigenvalue weighted by Crippen LogP contribution is -2.37. The van der Waals surface area contributed by atoms with Crippen molar-refractivity contribution in [1.82, 2.24) is 9.97 Å². The number of hydrogen-bond acceptors (Lipinski definition) is 5. The van der Waals surface area contributed by atoms with Gasteiger partial charge < -0.3 is 15.0 Å². The lowest BCUT2D eigenvalue weighted by Gasteiger charge is -2.29. The molecular weight excluding hydrogens is 216 g/mol. The quantitative estimate of drug-likeness (QED) is 0.860. The third kappa shape index (κ3) is 2.34. The number of rotatable bonds is 3. The van der Waals surface area contributed by atoms with E-state index in [9.17, 15) is 0 Å². The molecule has 5 heteroatoms. The summed E-state index contributed by atoms with van der Waals surface area (Å²) in [5.41, 5.74) is 1.09. The van der Waals surface area contributed by atoms with Crippen LogP contribution in [-0.4, -0.2) is 42.8 Å². The van der Waals surface area contributed by atoms with Gasteiger partial charge in [-0.3, -0.25) is 0 Å². The summed E-state index contributed by atoms with van der Waals surface area (Å²) >= 11 is 0. The molecule has 2 unspecified atom stereocenters. The van der Waals surface area contributed by atoms with E-state index in [0.717, 1.165) is 24.4 Å². The fraction of sp³-hybridized carbons (Fsp3) is 0.667. The first-order valence-electron chi connectivity index (χ1n) is 5.99. The molecule has 1 aromatic heterocycles. The average molecular weight is 236 g/mol. The second kappa shape index (κ2) is 4.87. The summed E-state index contributed by atoms with van der Waals surface area (Å²) in [5.74, 6) is 1.63. The number of nitrogens with one attached hydrogen (secondary N) is 1. The maximum Gasteiger partial charge on any atom is 0.224 e. The highest BCUT2D eigenvalue weighted by Crippen LogP contribution is 2.25. The zero-order valence-electron chi connectivity index (χ0n) is 10.9. The van der Waals surface area contributed by atoms with Crippen molar-refractivity contribution < 1.29 is 4.74 Å². The lowest BCUT2D eigenvalue weighted by atomic mass is 10.1. The van der Waals surface area contributed by atoms with Crippen molar-refractivity contribution in [2.75, 3.05) is 30.9 Å². The van der Waals surface area contributed by atoms with Crippen LogP contribution in [0.5, 0.6) is 0 Å². The Morgan fingerprint density at radius 2 is 2.29 bits per heavy atom. The van der Waals surface area contributed by atoms with E-state index in [4.69, 9.17) is 4.74 Å². The molecule has 1 saturated heterocycles. The molecule has 0 aromatic carbocycles. The highest BCUT2D eigenvalue weighted by atomic mass is 16.5. The van der Waals surface area contributed by atoms with E-state index in [-0.39, 0.29) is 6.10 Å². The number of aromatic nitrogens is 2. The molecule has 0 radical (unpaired) electrons. The minimum absolute atomic E-state index is 0.257. The van der Waals surface area contributed by atoms with E-state index >= 15 is 0 Å². The van der Waals surface area contributed by atoms with E-state index in [0.29, 0.717) is 12.0 Å². The third-order valence-corrected chi connectivity index (χ3v) is 3.34. The summed E-state index contributed by atoms with van der Waals surface area (Å²) < 4.78 is 5.60. The Labute approximate surface area is 102 Å². The first kappa shape index (κ1) is 12.1. The number of aryl methyl sites for hydroxylation is 1. The maximum atomic E-state index is 5.60. The fourth-order valence-electron chi connectivity index (χ4n) is 2.30. The molecule has 0 spiro atoms. The number of ether oxygens (including phenoxy) is 1. The summed E-state index contributed by atoms with van der Waals surface area (Å²) in [4.78, 5) is 10.9. The van der Waals surface area contributed by atoms with Crippen molar-refractivity contribution in [3.8, 4) is 0 Å². The first-order chi connectivity index (χ1) is 8.13. The Bertz CT molecular complexity index is 396. The van der Waals surface area contributed by atoms with Gasteiger partial charge in [0.2, 0.25) is 5.95 Å². The average Bonchev–Trinajstić information content (AvgIpc) is 2.75. The second-order valence-electron chi connectivity index (χ2n) is 4.49. The first-order valence-corrected chi connectivity index (χ1v) is 5.99. The van der Waals surface area contributed by atoms with Crippen molar-refractivity contribution in [1.29, 1.82) is 0 Å². The molecule has 0 saturated carbocycles. The Morgan fingerprint density at radius 3 is 2.88 bits per heavy atom. The van der Waals surface area contributed by atoms with Crippen LogP contribution in [0.25, 0.3) is 0 Å². The molecule has 1 N–H and O–H groups in total. The number of hydrogen-bond donors (Lipinski definition) is 1. The standard InChI is InChI=1S/C12H20N4O/c1-8-7-14-12(13-3)15-11(8)16(4)10-5-6-17-9(10)2/h7,9-10H,5-6H2,1-4H3,(H,13,14,15). The molecule has 1 aliphatic heterocycles. The van der Waals surface area contributed by atoms with Gasteiger partial charge in [0.05, 0.1) is 12.1 Å². The Balaban J connectivity index is 2.26. The van der Waals surface area contributed by atoms with Gasteiger partial charge in [-0.2, -0.15) is 4.98 Å². The van der Waals surface area contributed by atoms with E-state index in [1.54, 1.807) is 0 Å². The number of anilines is 2. The number of likely N-dealkylation sites (N-methyl/N-ethyl adjacent to an activating group) is 1. The molecule has 5 nitrogen and oxygen atoms in total. The largest absolute Gasteiger partial charge is 0.376 e. The van der Waals surface area contributed by atoms with Gasteiger partial charge >= 0.3 is 0 Å². The van der Waals surface area contributed by atoms with Crippen LogP contribution in [0.15, 0.2) is 6.20 Å². The zero-order chi connectivity index (χ0) is 12.4. The molecule has 2 heterocycles. The third-order valence-electron chi connectivity index (χ3n) is 3.34. The monoisotopic (exact) mass is 236 g/mol. The molecule has 1 aromatic rings. The molecule has 94 valence electrons. The Hall–Kier alpha value is -1.36. The van der Waals surface area contributed by atoms with Gasteiger partial charge in [-0.1, -0.05) is 0 Å². The van der Waals surface area contributed by atoms with Gasteiger partial charge in [-0.25, -0.2) is 4.98 Å². The van der Waals surface area contributed by atoms with E-state index in [1.807, 2.05) is 20.2 Å². The van der Waals surface area contributed by atoms with Crippen molar-refractivity contribution in [3.63, 3.8) is 0 Å². The minimum Gasteiger partial charge on any atom is -0.376 e. The summed E-state index contributed by atoms with van der Waals surface area (Å²) in [7, 11) is 3.90. The van der Waals surface area contributed by atoms with Crippen LogP contribution in [0.3, 0.4) is 0 Å². The van der Waals surface area contributed by atoms with E-state index in [2.05, 4.69) is 34.2 Å². The normalized spacial score (nSPS) is 23.8. The van der Waals surface area contributed by atoms with Crippen molar-refractivity contribution in [3.05, 3.63) is 11.8 Å². The molecular formula is C12H20N4O. The molecule has 0 aliphatic carbocycles. The topological polar surface area (TPSA) is 50.3 Å². The molecule has 0 amide bonds. The van der Waals surface area contributed by atoms with E-state index in [1.165, 1.54) is 0 Å².